The summed E-state index contributed by atoms with van der Waals surface area (Å²) in [5.41, 5.74) is 0.865. The first-order valence-corrected chi connectivity index (χ1v) is 9.74. The van der Waals surface area contributed by atoms with E-state index in [4.69, 9.17) is 24.2 Å². The van der Waals surface area contributed by atoms with Crippen LogP contribution < -0.4 is 0 Å². The molecule has 2 aliphatic heterocycles. The molecule has 4 fully saturated rings. The highest BCUT2D eigenvalue weighted by Crippen LogP contribution is 2.37. The van der Waals surface area contributed by atoms with Gasteiger partial charge in [0.2, 0.25) is 0 Å². The van der Waals surface area contributed by atoms with Gasteiger partial charge in [0.1, 0.15) is 5.78 Å². The number of Topliss-reactive ketones (excluding diaryl/α,β-unsaturated/α-hetero) is 1. The monoisotopic (exact) mass is 369 g/mol. The number of hydrogen-bond donors (Lipinski definition) is 1. The summed E-state index contributed by atoms with van der Waals surface area (Å²) >= 11 is 0. The van der Waals surface area contributed by atoms with Gasteiger partial charge in [-0.15, -0.1) is 0 Å². The van der Waals surface area contributed by atoms with Crippen LogP contribution in [0.1, 0.15) is 58.8 Å². The van der Waals surface area contributed by atoms with Crippen LogP contribution in [0.2, 0.25) is 0 Å². The number of hydrogen-bond acceptors (Lipinski definition) is 7. The first-order chi connectivity index (χ1) is 12.5. The molecule has 2 spiro atoms. The van der Waals surface area contributed by atoms with E-state index >= 15 is 0 Å². The summed E-state index contributed by atoms with van der Waals surface area (Å²) in [7, 11) is 0. The number of ether oxygens (including phenoxy) is 4. The van der Waals surface area contributed by atoms with Crippen molar-refractivity contribution in [2.45, 2.75) is 70.4 Å². The third-order valence-corrected chi connectivity index (χ3v) is 5.72. The van der Waals surface area contributed by atoms with Crippen LogP contribution in [0.5, 0.6) is 0 Å². The van der Waals surface area contributed by atoms with Crippen molar-refractivity contribution in [3.05, 3.63) is 0 Å². The van der Waals surface area contributed by atoms with Crippen molar-refractivity contribution in [3.63, 3.8) is 0 Å². The molecule has 7 heteroatoms. The maximum absolute atomic E-state index is 11.3. The molecule has 7 nitrogen and oxygen atoms in total. The first kappa shape index (κ1) is 19.7. The molecule has 1 N–H and O–H groups in total. The third kappa shape index (κ3) is 4.63. The Kier molecular flexibility index (Phi) is 6.33. The van der Waals surface area contributed by atoms with Crippen LogP contribution in [0.15, 0.2) is 5.16 Å². The lowest BCUT2D eigenvalue weighted by atomic mass is 9.84. The van der Waals surface area contributed by atoms with Crippen molar-refractivity contribution in [2.24, 2.45) is 17.0 Å². The molecule has 2 heterocycles. The van der Waals surface area contributed by atoms with E-state index in [1.54, 1.807) is 0 Å². The second-order valence-corrected chi connectivity index (χ2v) is 7.96. The van der Waals surface area contributed by atoms with Crippen LogP contribution in [-0.2, 0) is 23.7 Å². The number of carbonyl (C=O) groups excluding carboxylic acids is 1. The first-order valence-electron chi connectivity index (χ1n) is 9.74. The van der Waals surface area contributed by atoms with Gasteiger partial charge >= 0.3 is 0 Å². The fourth-order valence-corrected chi connectivity index (χ4v) is 4.44. The van der Waals surface area contributed by atoms with Gasteiger partial charge in [0.15, 0.2) is 11.6 Å². The predicted octanol–water partition coefficient (Wildman–Crippen LogP) is 2.89. The van der Waals surface area contributed by atoms with E-state index in [0.29, 0.717) is 51.0 Å². The second kappa shape index (κ2) is 8.33. The Balaban J connectivity index is 0.000000151. The number of oxime groups is 1. The molecule has 2 atom stereocenters. The van der Waals surface area contributed by atoms with Crippen molar-refractivity contribution in [1.29, 1.82) is 0 Å². The minimum atomic E-state index is -0.411. The van der Waals surface area contributed by atoms with Crippen molar-refractivity contribution in [3.8, 4) is 0 Å². The molecule has 2 saturated heterocycles. The van der Waals surface area contributed by atoms with Crippen LogP contribution >= 0.6 is 0 Å². The highest BCUT2D eigenvalue weighted by Gasteiger charge is 2.42. The summed E-state index contributed by atoms with van der Waals surface area (Å²) < 4.78 is 22.4. The van der Waals surface area contributed by atoms with Crippen molar-refractivity contribution >= 4 is 11.5 Å². The van der Waals surface area contributed by atoms with Gasteiger partial charge in [-0.1, -0.05) is 19.0 Å². The normalized spacial score (nSPS) is 34.7. The zero-order valence-electron chi connectivity index (χ0n) is 15.9. The molecule has 148 valence electrons. The molecule has 0 radical (unpaired) electrons. The quantitative estimate of drug-likeness (QED) is 0.522. The Morgan fingerprint density at radius 1 is 0.923 bits per heavy atom. The maximum Gasteiger partial charge on any atom is 0.169 e. The molecular formula is C19H31NO6. The summed E-state index contributed by atoms with van der Waals surface area (Å²) in [4.78, 5) is 11.3. The Labute approximate surface area is 155 Å². The molecule has 0 aromatic carbocycles. The van der Waals surface area contributed by atoms with Crippen LogP contribution in [-0.4, -0.2) is 54.7 Å². The molecule has 26 heavy (non-hydrogen) atoms. The molecule has 2 unspecified atom stereocenters. The van der Waals surface area contributed by atoms with Gasteiger partial charge in [0.05, 0.1) is 32.1 Å². The standard InChI is InChI=1S/C10H16O3.C9H15NO3/c1-8-6-9(11)2-3-10(7-8)12-4-5-13-10;1-7-6-9(12-4-5-13-9)3-2-8(7)10-11/h8H,2-7H2,1H3;7,11H,2-6H2,1H3/b;10-8+. The number of ketones is 1. The lowest BCUT2D eigenvalue weighted by molar-refractivity contribution is -0.173. The van der Waals surface area contributed by atoms with Crippen molar-refractivity contribution in [1.82, 2.24) is 0 Å². The fourth-order valence-electron chi connectivity index (χ4n) is 4.44. The van der Waals surface area contributed by atoms with E-state index in [9.17, 15) is 4.79 Å². The van der Waals surface area contributed by atoms with E-state index in [0.717, 1.165) is 37.8 Å². The van der Waals surface area contributed by atoms with Crippen molar-refractivity contribution in [2.75, 3.05) is 26.4 Å². The molecule has 0 aromatic rings. The Morgan fingerprint density at radius 2 is 1.46 bits per heavy atom. The molecule has 2 saturated carbocycles. The lowest BCUT2D eigenvalue weighted by Crippen LogP contribution is -2.39. The van der Waals surface area contributed by atoms with Crippen molar-refractivity contribution < 1.29 is 28.9 Å². The number of carbonyl (C=O) groups is 1. The van der Waals surface area contributed by atoms with Gasteiger partial charge in [0, 0.05) is 44.4 Å². The summed E-state index contributed by atoms with van der Waals surface area (Å²) in [6.45, 7) is 6.88. The molecule has 0 aromatic heterocycles. The average Bonchev–Trinajstić information content (AvgIpc) is 3.21. The zero-order chi connectivity index (χ0) is 18.6. The van der Waals surface area contributed by atoms with Gasteiger partial charge in [-0.25, -0.2) is 0 Å². The molecule has 4 rings (SSSR count). The van der Waals surface area contributed by atoms with Gasteiger partial charge in [-0.05, 0) is 12.3 Å². The van der Waals surface area contributed by atoms with E-state index in [1.165, 1.54) is 0 Å². The third-order valence-electron chi connectivity index (χ3n) is 5.72. The van der Waals surface area contributed by atoms with E-state index in [1.807, 2.05) is 6.92 Å². The molecule has 0 amide bonds. The molecule has 4 aliphatic rings. The summed E-state index contributed by atoms with van der Waals surface area (Å²) in [6.07, 6.45) is 5.33. The Hall–Kier alpha value is -1.02. The van der Waals surface area contributed by atoms with Crippen LogP contribution in [0.3, 0.4) is 0 Å². The average molecular weight is 369 g/mol. The Bertz CT molecular complexity index is 522. The van der Waals surface area contributed by atoms with Gasteiger partial charge in [-0.2, -0.15) is 0 Å². The summed E-state index contributed by atoms with van der Waals surface area (Å²) in [5, 5.41) is 12.0. The van der Waals surface area contributed by atoms with Gasteiger partial charge < -0.3 is 24.2 Å². The maximum atomic E-state index is 11.3. The predicted molar refractivity (Wildman–Crippen MR) is 94.1 cm³/mol. The van der Waals surface area contributed by atoms with Gasteiger partial charge in [-0.3, -0.25) is 4.79 Å². The summed E-state index contributed by atoms with van der Waals surface area (Å²) in [5.74, 6) is 0.229. The molecule has 2 aliphatic carbocycles. The molecule has 0 bridgehead atoms. The van der Waals surface area contributed by atoms with Crippen LogP contribution in [0, 0.1) is 11.8 Å². The highest BCUT2D eigenvalue weighted by atomic mass is 16.7. The minimum Gasteiger partial charge on any atom is -0.411 e. The highest BCUT2D eigenvalue weighted by molar-refractivity contribution is 5.86. The Morgan fingerprint density at radius 3 is 2.00 bits per heavy atom. The van der Waals surface area contributed by atoms with E-state index in [-0.39, 0.29) is 11.7 Å². The number of rotatable bonds is 0. The smallest absolute Gasteiger partial charge is 0.169 e. The second-order valence-electron chi connectivity index (χ2n) is 7.96. The minimum absolute atomic E-state index is 0.261. The largest absolute Gasteiger partial charge is 0.411 e. The van der Waals surface area contributed by atoms with E-state index in [2.05, 4.69) is 12.1 Å². The zero-order valence-corrected chi connectivity index (χ0v) is 15.9. The van der Waals surface area contributed by atoms with Crippen LogP contribution in [0.4, 0.5) is 0 Å². The topological polar surface area (TPSA) is 86.6 Å². The number of nitrogens with zero attached hydrogens (tertiary/aromatic N) is 1. The van der Waals surface area contributed by atoms with E-state index < -0.39 is 5.79 Å². The fraction of sp³-hybridized carbons (Fsp3) is 0.895. The molecular weight excluding hydrogens is 338 g/mol. The lowest BCUT2D eigenvalue weighted by Gasteiger charge is -2.34. The van der Waals surface area contributed by atoms with Gasteiger partial charge in [0.25, 0.3) is 0 Å². The SMILES string of the molecule is CC1CC(=O)CCC2(C1)OCCO2.CC1CC2(CC/C1=N\O)OCCO2. The van der Waals surface area contributed by atoms with Crippen LogP contribution in [0.25, 0.3) is 0 Å². The summed E-state index contributed by atoms with van der Waals surface area (Å²) in [6, 6.07) is 0.